The van der Waals surface area contributed by atoms with E-state index in [2.05, 4.69) is 15.5 Å². The zero-order valence-corrected chi connectivity index (χ0v) is 4.16. The first-order valence-electron chi connectivity index (χ1n) is 2.22. The Balaban J connectivity index is 2.58. The molecule has 4 nitrogen and oxygen atoms in total. The number of nitrogens with zero attached hydrogens (tertiary/aromatic N) is 2. The van der Waals surface area contributed by atoms with Crippen LogP contribution in [0, 0.1) is 0 Å². The van der Waals surface area contributed by atoms with Crippen molar-refractivity contribution >= 4 is 18.5 Å². The summed E-state index contributed by atoms with van der Waals surface area (Å²) in [4.78, 5) is 10.4. The third kappa shape index (κ3) is 1.14. The first-order valence-corrected chi connectivity index (χ1v) is 2.22. The third-order valence-corrected chi connectivity index (χ3v) is 0.708. The number of amides is 1. The summed E-state index contributed by atoms with van der Waals surface area (Å²) in [5.74, 6) is -0.0741. The molecule has 0 spiro atoms. The maximum atomic E-state index is 10.4. The lowest BCUT2D eigenvalue weighted by molar-refractivity contribution is -0.118. The molecule has 0 saturated carbocycles. The van der Waals surface area contributed by atoms with Gasteiger partial charge in [-0.1, -0.05) is 0 Å². The van der Waals surface area contributed by atoms with E-state index in [-0.39, 0.29) is 5.91 Å². The van der Waals surface area contributed by atoms with E-state index >= 15 is 0 Å². The van der Waals surface area contributed by atoms with Crippen LogP contribution >= 0.6 is 0 Å². The minimum Gasteiger partial charge on any atom is -0.315 e. The Morgan fingerprint density at radius 1 is 1.62 bits per heavy atom. The molecule has 1 aliphatic heterocycles. The van der Waals surface area contributed by atoms with Crippen molar-refractivity contribution in [2.45, 2.75) is 6.42 Å². The topological polar surface area (TPSA) is 53.8 Å². The van der Waals surface area contributed by atoms with Crippen LogP contribution in [0.1, 0.15) is 6.42 Å². The lowest BCUT2D eigenvalue weighted by atomic mass is 10.4. The highest BCUT2D eigenvalue weighted by Gasteiger charge is 1.95. The first-order chi connectivity index (χ1) is 3.89. The zero-order chi connectivity index (χ0) is 5.82. The van der Waals surface area contributed by atoms with Crippen molar-refractivity contribution < 1.29 is 4.79 Å². The van der Waals surface area contributed by atoms with Crippen molar-refractivity contribution in [2.75, 3.05) is 0 Å². The Kier molecular flexibility index (Phi) is 1.37. The van der Waals surface area contributed by atoms with E-state index in [0.29, 0.717) is 6.42 Å². The normalized spacial score (nSPS) is 17.8. The maximum Gasteiger partial charge on any atom is 0.230 e. The molecule has 0 bridgehead atoms. The second-order valence-corrected chi connectivity index (χ2v) is 1.31. The molecule has 1 rings (SSSR count). The molecule has 0 unspecified atom stereocenters. The van der Waals surface area contributed by atoms with Crippen molar-refractivity contribution in [3.05, 3.63) is 0 Å². The average Bonchev–Trinajstić information content (AvgIpc) is 1.94. The second-order valence-electron chi connectivity index (χ2n) is 1.31. The van der Waals surface area contributed by atoms with E-state index in [0.717, 1.165) is 0 Å². The molecule has 0 aromatic carbocycles. The van der Waals surface area contributed by atoms with Gasteiger partial charge in [-0.05, 0) is 0 Å². The largest absolute Gasteiger partial charge is 0.315 e. The first kappa shape index (κ1) is 4.96. The van der Waals surface area contributed by atoms with Gasteiger partial charge in [-0.3, -0.25) is 4.79 Å². The van der Waals surface area contributed by atoms with Crippen molar-refractivity contribution in [1.82, 2.24) is 5.32 Å². The fraction of sp³-hybridized carbons (Fsp3) is 0.250. The molecule has 1 amide bonds. The van der Waals surface area contributed by atoms with Crippen molar-refractivity contribution in [2.24, 2.45) is 10.2 Å². The van der Waals surface area contributed by atoms with Crippen LogP contribution in [0.5, 0.6) is 0 Å². The fourth-order valence-electron chi connectivity index (χ4n) is 0.364. The van der Waals surface area contributed by atoms with Gasteiger partial charge in [0.1, 0.15) is 6.34 Å². The lowest BCUT2D eigenvalue weighted by Crippen LogP contribution is -2.19. The maximum absolute atomic E-state index is 10.4. The minimum absolute atomic E-state index is 0.0741. The third-order valence-electron chi connectivity index (χ3n) is 0.708. The number of rotatable bonds is 0. The lowest BCUT2D eigenvalue weighted by Gasteiger charge is -1.86. The number of hydrogen-bond acceptors (Lipinski definition) is 3. The van der Waals surface area contributed by atoms with Crippen LogP contribution in [0.4, 0.5) is 0 Å². The molecule has 8 heavy (non-hydrogen) atoms. The number of carbonyl (C=O) groups excluding carboxylic acids is 1. The molecule has 0 aromatic rings. The molecule has 0 atom stereocenters. The molecule has 0 fully saturated rings. The smallest absolute Gasteiger partial charge is 0.230 e. The summed E-state index contributed by atoms with van der Waals surface area (Å²) in [6.07, 6.45) is 3.05. The van der Waals surface area contributed by atoms with Crippen LogP contribution in [0.25, 0.3) is 0 Å². The molecule has 1 N–H and O–H groups in total. The van der Waals surface area contributed by atoms with Gasteiger partial charge in [0, 0.05) is 6.21 Å². The molecule has 0 saturated heterocycles. The number of hydrogen-bond donors (Lipinski definition) is 1. The molecule has 0 aliphatic carbocycles. The summed E-state index contributed by atoms with van der Waals surface area (Å²) >= 11 is 0. The van der Waals surface area contributed by atoms with E-state index in [1.54, 1.807) is 0 Å². The Labute approximate surface area is 46.3 Å². The van der Waals surface area contributed by atoms with E-state index in [1.165, 1.54) is 12.6 Å². The Morgan fingerprint density at radius 2 is 2.50 bits per heavy atom. The summed E-state index contributed by atoms with van der Waals surface area (Å²) < 4.78 is 0. The summed E-state index contributed by atoms with van der Waals surface area (Å²) in [6, 6.07) is 0. The van der Waals surface area contributed by atoms with Gasteiger partial charge >= 0.3 is 0 Å². The zero-order valence-electron chi connectivity index (χ0n) is 4.16. The quantitative estimate of drug-likeness (QED) is 0.451. The van der Waals surface area contributed by atoms with Crippen LogP contribution in [0.2, 0.25) is 0 Å². The molecule has 42 valence electrons. The van der Waals surface area contributed by atoms with Gasteiger partial charge in [0.25, 0.3) is 0 Å². The monoisotopic (exact) mass is 111 g/mol. The molecular formula is C4H5N3O. The molecule has 0 radical (unpaired) electrons. The summed E-state index contributed by atoms with van der Waals surface area (Å²) in [6.45, 7) is 0. The number of nitrogens with one attached hydrogen (secondary N) is 1. The van der Waals surface area contributed by atoms with Gasteiger partial charge in [-0.2, -0.15) is 5.10 Å². The van der Waals surface area contributed by atoms with Gasteiger partial charge in [0.05, 0.1) is 6.42 Å². The van der Waals surface area contributed by atoms with Crippen LogP contribution in [0.15, 0.2) is 10.2 Å². The number of carbonyl (C=O) groups is 1. The minimum atomic E-state index is -0.0741. The summed E-state index contributed by atoms with van der Waals surface area (Å²) in [5.41, 5.74) is 0. The predicted octanol–water partition coefficient (Wildman–Crippen LogP) is -0.480. The van der Waals surface area contributed by atoms with Gasteiger partial charge in [0.15, 0.2) is 0 Å². The Hall–Kier alpha value is -1.19. The molecule has 1 aliphatic rings. The fourth-order valence-corrected chi connectivity index (χ4v) is 0.364. The van der Waals surface area contributed by atoms with Gasteiger partial charge in [-0.25, -0.2) is 0 Å². The van der Waals surface area contributed by atoms with Gasteiger partial charge in [0.2, 0.25) is 5.91 Å². The average molecular weight is 111 g/mol. The predicted molar refractivity (Wildman–Crippen MR) is 29.7 cm³/mol. The van der Waals surface area contributed by atoms with Gasteiger partial charge in [-0.15, -0.1) is 5.10 Å². The van der Waals surface area contributed by atoms with E-state index in [4.69, 9.17) is 0 Å². The molecule has 1 heterocycles. The molecule has 0 aromatic heterocycles. The summed E-state index contributed by atoms with van der Waals surface area (Å²) in [5, 5.41) is 9.30. The Bertz CT molecular complexity index is 133. The van der Waals surface area contributed by atoms with Crippen molar-refractivity contribution in [3.63, 3.8) is 0 Å². The van der Waals surface area contributed by atoms with E-state index in [9.17, 15) is 4.79 Å². The second kappa shape index (κ2) is 2.20. The van der Waals surface area contributed by atoms with Crippen molar-refractivity contribution in [3.8, 4) is 0 Å². The van der Waals surface area contributed by atoms with Crippen LogP contribution < -0.4 is 5.32 Å². The van der Waals surface area contributed by atoms with Gasteiger partial charge < -0.3 is 5.32 Å². The van der Waals surface area contributed by atoms with E-state index in [1.807, 2.05) is 0 Å². The highest BCUT2D eigenvalue weighted by molar-refractivity contribution is 5.97. The molecular weight excluding hydrogens is 106 g/mol. The van der Waals surface area contributed by atoms with Crippen molar-refractivity contribution in [1.29, 1.82) is 0 Å². The van der Waals surface area contributed by atoms with Crippen LogP contribution in [-0.4, -0.2) is 18.5 Å². The highest BCUT2D eigenvalue weighted by atomic mass is 16.1. The summed E-state index contributed by atoms with van der Waals surface area (Å²) in [7, 11) is 0. The van der Waals surface area contributed by atoms with E-state index < -0.39 is 0 Å². The highest BCUT2D eigenvalue weighted by Crippen LogP contribution is 1.78. The van der Waals surface area contributed by atoms with Crippen LogP contribution in [-0.2, 0) is 4.79 Å². The SMILES string of the molecule is O=C1CC=NN=CN1. The standard InChI is InChI=1S/C4H5N3O/c8-4-1-2-6-7-3-5-4/h2-3H,1H2,(H,5,7,8). The molecule has 4 heteroatoms. The van der Waals surface area contributed by atoms with Crippen LogP contribution in [0.3, 0.4) is 0 Å². The Morgan fingerprint density at radius 3 is 3.38 bits per heavy atom.